The number of amides is 7. The molecule has 0 unspecified atom stereocenters. The standard InChI is InChI=1S/C52H59N9O14/c53-35(23-31-15-17-33(62)18-16-31)46(68)56-37(19-21-43(54)63)47(69)57-38(20-22-44(64)65)48(70)58-39(24-29-9-3-1-4-10-29)49(71)59-40(25-30-11-5-2-6-12-30)50(72)60-41(51(73)61-42(52(74)75)27-45(66)67)26-32-28-55-36-14-8-7-13-34(32)36/h1-18,28,35,37-42,55,62H,19-27,53H2,(H2,54,63)(H,56,68)(H,57,69)(H,58,70)(H,59,71)(H,60,72)(H,61,73)(H,64,65)(H,66,67)(H,74,75)/t35-,37-,38-,39-,40-,41-,42-/m0/s1. The molecule has 7 atom stereocenters. The van der Waals surface area contributed by atoms with Crippen LogP contribution in [0.3, 0.4) is 0 Å². The van der Waals surface area contributed by atoms with E-state index in [4.69, 9.17) is 11.5 Å². The lowest BCUT2D eigenvalue weighted by atomic mass is 10.00. The Bertz CT molecular complexity index is 2830. The van der Waals surface area contributed by atoms with Crippen LogP contribution in [0.2, 0.25) is 0 Å². The molecule has 4 aromatic carbocycles. The number of para-hydroxylation sites is 1. The molecule has 7 amide bonds. The first-order valence-electron chi connectivity index (χ1n) is 23.7. The van der Waals surface area contributed by atoms with Crippen molar-refractivity contribution in [2.24, 2.45) is 11.5 Å². The zero-order valence-electron chi connectivity index (χ0n) is 40.4. The van der Waals surface area contributed by atoms with Gasteiger partial charge in [-0.25, -0.2) is 4.79 Å². The number of carbonyl (C=O) groups excluding carboxylic acids is 7. The summed E-state index contributed by atoms with van der Waals surface area (Å²) >= 11 is 0. The van der Waals surface area contributed by atoms with E-state index in [1.807, 2.05) is 0 Å². The molecule has 0 saturated heterocycles. The Morgan fingerprint density at radius 3 is 1.39 bits per heavy atom. The number of aromatic nitrogens is 1. The minimum atomic E-state index is -1.88. The summed E-state index contributed by atoms with van der Waals surface area (Å²) in [5.41, 5.74) is 14.3. The Balaban J connectivity index is 1.43. The van der Waals surface area contributed by atoms with Gasteiger partial charge in [-0.2, -0.15) is 0 Å². The van der Waals surface area contributed by atoms with Gasteiger partial charge in [0, 0.05) is 49.2 Å². The van der Waals surface area contributed by atoms with Gasteiger partial charge in [-0.1, -0.05) is 91.0 Å². The number of H-pyrrole nitrogens is 1. The summed E-state index contributed by atoms with van der Waals surface area (Å²) in [6, 6.07) is 18.6. The summed E-state index contributed by atoms with van der Waals surface area (Å²) in [6.07, 6.45) is -2.04. The van der Waals surface area contributed by atoms with Gasteiger partial charge in [0.2, 0.25) is 41.4 Å². The van der Waals surface area contributed by atoms with Crippen molar-refractivity contribution in [1.29, 1.82) is 0 Å². The molecule has 0 aliphatic rings. The molecule has 1 aromatic heterocycles. The number of hydrogen-bond acceptors (Lipinski definition) is 12. The van der Waals surface area contributed by atoms with Crippen LogP contribution in [0.25, 0.3) is 10.9 Å². The molecule has 0 radical (unpaired) electrons. The van der Waals surface area contributed by atoms with Crippen LogP contribution < -0.4 is 43.4 Å². The highest BCUT2D eigenvalue weighted by atomic mass is 16.4. The van der Waals surface area contributed by atoms with Crippen LogP contribution in [0.1, 0.15) is 54.4 Å². The maximum absolute atomic E-state index is 14.6. The number of rotatable bonds is 29. The number of carboxylic acids is 3. The van der Waals surface area contributed by atoms with Crippen LogP contribution in [-0.4, -0.2) is 127 Å². The third-order valence-electron chi connectivity index (χ3n) is 11.9. The maximum atomic E-state index is 14.6. The molecule has 0 aliphatic heterocycles. The number of carboxylic acid groups (broad SMARTS) is 3. The Morgan fingerprint density at radius 1 is 0.467 bits per heavy atom. The summed E-state index contributed by atoms with van der Waals surface area (Å²) in [4.78, 5) is 135. The molecule has 396 valence electrons. The summed E-state index contributed by atoms with van der Waals surface area (Å²) in [6.45, 7) is 0. The molecule has 1 heterocycles. The number of phenolic OH excluding ortho intramolecular Hbond substituents is 1. The van der Waals surface area contributed by atoms with Gasteiger partial charge in [0.05, 0.1) is 12.5 Å². The molecule has 23 nitrogen and oxygen atoms in total. The van der Waals surface area contributed by atoms with Gasteiger partial charge in [0.15, 0.2) is 0 Å². The number of primary amides is 1. The molecule has 0 bridgehead atoms. The van der Waals surface area contributed by atoms with Crippen molar-refractivity contribution in [3.8, 4) is 5.75 Å². The second kappa shape index (κ2) is 27.6. The molecule has 0 aliphatic carbocycles. The van der Waals surface area contributed by atoms with Crippen LogP contribution >= 0.6 is 0 Å². The number of carbonyl (C=O) groups is 10. The average Bonchev–Trinajstić information content (AvgIpc) is 3.78. The lowest BCUT2D eigenvalue weighted by Crippen LogP contribution is -2.60. The molecule has 15 N–H and O–H groups in total. The lowest BCUT2D eigenvalue weighted by Gasteiger charge is -2.28. The zero-order chi connectivity index (χ0) is 54.6. The SMILES string of the molecule is NC(=O)CC[C@H](NC(=O)[C@@H](N)Cc1ccc(O)cc1)C(=O)N[C@@H](CCC(=O)O)C(=O)N[C@@H](Cc1ccccc1)C(=O)N[C@@H](Cc1ccccc1)C(=O)N[C@@H](Cc1c[nH]c2ccccc12)C(=O)N[C@@H](CC(=O)O)C(=O)O. The molecular weight excluding hydrogens is 975 g/mol. The third-order valence-corrected chi connectivity index (χ3v) is 11.9. The molecule has 75 heavy (non-hydrogen) atoms. The number of aromatic hydroxyl groups is 1. The normalized spacial score (nSPS) is 13.8. The van der Waals surface area contributed by atoms with Crippen molar-refractivity contribution in [1.82, 2.24) is 36.9 Å². The second-order valence-corrected chi connectivity index (χ2v) is 17.7. The number of aliphatic carboxylic acids is 3. The molecule has 0 spiro atoms. The van der Waals surface area contributed by atoms with E-state index in [-0.39, 0.29) is 37.9 Å². The number of benzene rings is 4. The van der Waals surface area contributed by atoms with Crippen molar-refractivity contribution in [3.05, 3.63) is 138 Å². The number of nitrogens with one attached hydrogen (secondary N) is 7. The number of aromatic amines is 1. The fraction of sp³-hybridized carbons (Fsp3) is 0.308. The van der Waals surface area contributed by atoms with Crippen LogP contribution in [0.5, 0.6) is 5.75 Å². The predicted molar refractivity (Wildman–Crippen MR) is 269 cm³/mol. The first-order chi connectivity index (χ1) is 35.8. The highest BCUT2D eigenvalue weighted by Crippen LogP contribution is 2.20. The Labute approximate surface area is 429 Å². The molecule has 0 fully saturated rings. The molecule has 5 aromatic rings. The first kappa shape index (κ1) is 56.8. The van der Waals surface area contributed by atoms with Gasteiger partial charge < -0.3 is 68.8 Å². The first-order valence-corrected chi connectivity index (χ1v) is 23.7. The van der Waals surface area contributed by atoms with E-state index in [1.54, 1.807) is 91.1 Å². The van der Waals surface area contributed by atoms with Crippen LogP contribution in [-0.2, 0) is 73.6 Å². The Kier molecular flexibility index (Phi) is 20.9. The van der Waals surface area contributed by atoms with Gasteiger partial charge in [-0.05, 0) is 59.7 Å². The van der Waals surface area contributed by atoms with E-state index in [0.29, 0.717) is 33.2 Å². The van der Waals surface area contributed by atoms with E-state index in [1.165, 1.54) is 24.3 Å². The number of phenols is 1. The van der Waals surface area contributed by atoms with Gasteiger partial charge in [-0.15, -0.1) is 0 Å². The van der Waals surface area contributed by atoms with Gasteiger partial charge in [0.1, 0.15) is 42.0 Å². The highest BCUT2D eigenvalue weighted by molar-refractivity contribution is 5.98. The fourth-order valence-electron chi connectivity index (χ4n) is 7.93. The van der Waals surface area contributed by atoms with E-state index < -0.39 is 127 Å². The second-order valence-electron chi connectivity index (χ2n) is 17.7. The van der Waals surface area contributed by atoms with Crippen LogP contribution in [0.15, 0.2) is 115 Å². The quantitative estimate of drug-likeness (QED) is 0.0301. The van der Waals surface area contributed by atoms with Crippen molar-refractivity contribution < 1.29 is 68.4 Å². The summed E-state index contributed by atoms with van der Waals surface area (Å²) in [5.74, 6) is -11.2. The van der Waals surface area contributed by atoms with Crippen molar-refractivity contribution in [2.75, 3.05) is 0 Å². The molecule has 0 saturated carbocycles. The topological polar surface area (TPSA) is 392 Å². The van der Waals surface area contributed by atoms with E-state index in [2.05, 4.69) is 36.9 Å². The smallest absolute Gasteiger partial charge is 0.326 e. The third kappa shape index (κ3) is 18.2. The van der Waals surface area contributed by atoms with E-state index >= 15 is 0 Å². The summed E-state index contributed by atoms with van der Waals surface area (Å²) in [5, 5.41) is 54.0. The predicted octanol–water partition coefficient (Wildman–Crippen LogP) is 0.0698. The number of fused-ring (bicyclic) bond motifs is 1. The number of nitrogens with two attached hydrogens (primary N) is 2. The summed E-state index contributed by atoms with van der Waals surface area (Å²) < 4.78 is 0. The van der Waals surface area contributed by atoms with Gasteiger partial charge in [0.25, 0.3) is 0 Å². The van der Waals surface area contributed by atoms with Crippen molar-refractivity contribution >= 4 is 70.2 Å². The van der Waals surface area contributed by atoms with Crippen LogP contribution in [0.4, 0.5) is 0 Å². The van der Waals surface area contributed by atoms with Gasteiger partial charge >= 0.3 is 17.9 Å². The number of hydrogen-bond donors (Lipinski definition) is 13. The van der Waals surface area contributed by atoms with Crippen LogP contribution in [0, 0.1) is 0 Å². The summed E-state index contributed by atoms with van der Waals surface area (Å²) in [7, 11) is 0. The average molecular weight is 1030 g/mol. The lowest BCUT2D eigenvalue weighted by molar-refractivity contribution is -0.147. The maximum Gasteiger partial charge on any atom is 0.326 e. The minimum absolute atomic E-state index is 0.0222. The monoisotopic (exact) mass is 1030 g/mol. The van der Waals surface area contributed by atoms with Crippen molar-refractivity contribution in [3.63, 3.8) is 0 Å². The fourth-order valence-corrected chi connectivity index (χ4v) is 7.93. The molecular formula is C52H59N9O14. The largest absolute Gasteiger partial charge is 0.508 e. The minimum Gasteiger partial charge on any atom is -0.508 e. The van der Waals surface area contributed by atoms with E-state index in [9.17, 15) is 68.4 Å². The van der Waals surface area contributed by atoms with E-state index in [0.717, 1.165) is 0 Å². The Morgan fingerprint density at radius 2 is 0.893 bits per heavy atom. The van der Waals surface area contributed by atoms with Gasteiger partial charge in [-0.3, -0.25) is 43.2 Å². The highest BCUT2D eigenvalue weighted by Gasteiger charge is 2.35. The Hall–Kier alpha value is -9.12. The molecule has 23 heteroatoms. The molecule has 5 rings (SSSR count). The zero-order valence-corrected chi connectivity index (χ0v) is 40.4. The van der Waals surface area contributed by atoms with Crippen molar-refractivity contribution in [2.45, 2.75) is 100 Å².